The first kappa shape index (κ1) is 15.1. The van der Waals surface area contributed by atoms with Gasteiger partial charge in [-0.3, -0.25) is 4.98 Å². The first-order chi connectivity index (χ1) is 9.40. The summed E-state index contributed by atoms with van der Waals surface area (Å²) in [7, 11) is 0. The largest absolute Gasteiger partial charge is 0.486 e. The number of ether oxygens (including phenoxy) is 1. The summed E-state index contributed by atoms with van der Waals surface area (Å²) >= 11 is 8.96. The topological polar surface area (TPSA) is 48.1 Å². The highest BCUT2D eigenvalue weighted by Crippen LogP contribution is 2.31. The lowest BCUT2D eigenvalue weighted by atomic mass is 10.1. The summed E-state index contributed by atoms with van der Waals surface area (Å²) in [4.78, 5) is 4.28. The first-order valence-electron chi connectivity index (χ1n) is 5.88. The molecule has 0 saturated carbocycles. The van der Waals surface area contributed by atoms with Crippen molar-refractivity contribution in [1.29, 1.82) is 0 Å². The van der Waals surface area contributed by atoms with Crippen LogP contribution in [-0.4, -0.2) is 4.98 Å². The molecule has 0 aliphatic carbocycles. The molecule has 0 fully saturated rings. The molecule has 2 N–H and O–H groups in total. The van der Waals surface area contributed by atoms with Gasteiger partial charge in [0.25, 0.3) is 0 Å². The van der Waals surface area contributed by atoms with Gasteiger partial charge in [0.05, 0.1) is 15.2 Å². The average Bonchev–Trinajstić information content (AvgIpc) is 2.40. The minimum Gasteiger partial charge on any atom is -0.486 e. The van der Waals surface area contributed by atoms with Crippen molar-refractivity contribution in [3.05, 3.63) is 50.5 Å². The van der Waals surface area contributed by atoms with Crippen molar-refractivity contribution in [2.75, 3.05) is 5.73 Å². The zero-order valence-electron chi connectivity index (χ0n) is 11.0. The molecule has 0 unspecified atom stereocenters. The lowest BCUT2D eigenvalue weighted by molar-refractivity contribution is 0.297. The lowest BCUT2D eigenvalue weighted by Crippen LogP contribution is -2.05. The van der Waals surface area contributed by atoms with Gasteiger partial charge in [0.1, 0.15) is 18.2 Å². The van der Waals surface area contributed by atoms with Gasteiger partial charge in [0.15, 0.2) is 0 Å². The molecule has 2 rings (SSSR count). The van der Waals surface area contributed by atoms with E-state index in [0.717, 1.165) is 16.8 Å². The number of aryl methyl sites for hydroxylation is 1. The van der Waals surface area contributed by atoms with E-state index < -0.39 is 5.82 Å². The fourth-order valence-electron chi connectivity index (χ4n) is 1.70. The van der Waals surface area contributed by atoms with Crippen LogP contribution in [0.15, 0.2) is 22.8 Å². The van der Waals surface area contributed by atoms with Crippen molar-refractivity contribution in [2.24, 2.45) is 0 Å². The van der Waals surface area contributed by atoms with E-state index in [2.05, 4.69) is 20.9 Å². The molecule has 0 spiro atoms. The molecular formula is C14H13BrClFN2O. The van der Waals surface area contributed by atoms with E-state index >= 15 is 0 Å². The number of nitrogen functional groups attached to an aromatic ring is 1. The van der Waals surface area contributed by atoms with Gasteiger partial charge in [-0.2, -0.15) is 0 Å². The minimum atomic E-state index is -0.530. The molecule has 6 heteroatoms. The van der Waals surface area contributed by atoms with Crippen LogP contribution in [-0.2, 0) is 6.61 Å². The number of nitrogens with zero attached hydrogens (tertiary/aromatic N) is 1. The highest BCUT2D eigenvalue weighted by molar-refractivity contribution is 9.10. The molecule has 2 aromatic rings. The Bertz CT molecular complexity index is 662. The number of benzene rings is 1. The number of nitrogens with two attached hydrogens (primary N) is 1. The number of halogens is 3. The van der Waals surface area contributed by atoms with E-state index in [4.69, 9.17) is 22.1 Å². The van der Waals surface area contributed by atoms with Crippen molar-refractivity contribution < 1.29 is 9.13 Å². The van der Waals surface area contributed by atoms with E-state index in [0.29, 0.717) is 15.9 Å². The Hall–Kier alpha value is -1.33. The van der Waals surface area contributed by atoms with Gasteiger partial charge < -0.3 is 10.5 Å². The fraction of sp³-hybridized carbons (Fsp3) is 0.214. The predicted molar refractivity (Wildman–Crippen MR) is 81.6 cm³/mol. The highest BCUT2D eigenvalue weighted by atomic mass is 79.9. The molecule has 0 radical (unpaired) electrons. The van der Waals surface area contributed by atoms with Crippen LogP contribution < -0.4 is 10.5 Å². The standard InChI is InChI=1S/C14H13BrClFN2O/c1-7-5-19-12(8(2)14(7)18)6-20-13-4-11(17)10(16)3-9(13)15/h3-5H,6H2,1-2H3,(H2,18,19). The Balaban J connectivity index is 2.21. The summed E-state index contributed by atoms with van der Waals surface area (Å²) in [6.45, 7) is 3.98. The number of pyridine rings is 1. The third kappa shape index (κ3) is 3.04. The number of hydrogen-bond acceptors (Lipinski definition) is 3. The summed E-state index contributed by atoms with van der Waals surface area (Å²) in [5.74, 6) is -0.162. The van der Waals surface area contributed by atoms with Crippen LogP contribution in [0.4, 0.5) is 10.1 Å². The number of aromatic nitrogens is 1. The summed E-state index contributed by atoms with van der Waals surface area (Å²) in [5, 5.41) is 0.0399. The van der Waals surface area contributed by atoms with Gasteiger partial charge in [-0.05, 0) is 47.0 Å². The maximum Gasteiger partial charge on any atom is 0.145 e. The second-order valence-corrected chi connectivity index (χ2v) is 5.67. The molecule has 0 atom stereocenters. The fourth-order valence-corrected chi connectivity index (χ4v) is 2.45. The molecule has 1 aromatic carbocycles. The van der Waals surface area contributed by atoms with Gasteiger partial charge in [-0.1, -0.05) is 11.6 Å². The van der Waals surface area contributed by atoms with Crippen molar-refractivity contribution in [3.63, 3.8) is 0 Å². The zero-order valence-corrected chi connectivity index (χ0v) is 13.3. The molecule has 3 nitrogen and oxygen atoms in total. The Morgan fingerprint density at radius 3 is 2.80 bits per heavy atom. The summed E-state index contributed by atoms with van der Waals surface area (Å²) < 4.78 is 19.6. The second kappa shape index (κ2) is 5.97. The van der Waals surface area contributed by atoms with E-state index in [9.17, 15) is 4.39 Å². The van der Waals surface area contributed by atoms with Gasteiger partial charge in [0, 0.05) is 18.0 Å². The van der Waals surface area contributed by atoms with Crippen molar-refractivity contribution in [2.45, 2.75) is 20.5 Å². The predicted octanol–water partition coefficient (Wildman–Crippen LogP) is 4.41. The Morgan fingerprint density at radius 1 is 1.40 bits per heavy atom. The van der Waals surface area contributed by atoms with Crippen LogP contribution in [0, 0.1) is 19.7 Å². The van der Waals surface area contributed by atoms with Crippen LogP contribution in [0.2, 0.25) is 5.02 Å². The maximum atomic E-state index is 13.4. The average molecular weight is 360 g/mol. The molecule has 1 aromatic heterocycles. The quantitative estimate of drug-likeness (QED) is 0.826. The second-order valence-electron chi connectivity index (χ2n) is 4.41. The van der Waals surface area contributed by atoms with Crippen LogP contribution in [0.25, 0.3) is 0 Å². The third-order valence-corrected chi connectivity index (χ3v) is 3.92. The molecule has 0 bridgehead atoms. The molecule has 0 saturated heterocycles. The maximum absolute atomic E-state index is 13.4. The van der Waals surface area contributed by atoms with E-state index in [1.165, 1.54) is 12.1 Å². The van der Waals surface area contributed by atoms with Crippen LogP contribution >= 0.6 is 27.5 Å². The Morgan fingerprint density at radius 2 is 2.10 bits per heavy atom. The molecule has 0 amide bonds. The highest BCUT2D eigenvalue weighted by Gasteiger charge is 2.11. The van der Waals surface area contributed by atoms with Crippen LogP contribution in [0.5, 0.6) is 5.75 Å². The van der Waals surface area contributed by atoms with Crippen molar-refractivity contribution in [3.8, 4) is 5.75 Å². The molecule has 0 aliphatic rings. The van der Waals surface area contributed by atoms with Crippen molar-refractivity contribution in [1.82, 2.24) is 4.98 Å². The minimum absolute atomic E-state index is 0.0399. The van der Waals surface area contributed by atoms with Crippen molar-refractivity contribution >= 4 is 33.2 Å². The summed E-state index contributed by atoms with van der Waals surface area (Å²) in [6, 6.07) is 2.69. The van der Waals surface area contributed by atoms with Gasteiger partial charge >= 0.3 is 0 Å². The smallest absolute Gasteiger partial charge is 0.145 e. The number of anilines is 1. The van der Waals surface area contributed by atoms with Gasteiger partial charge in [0.2, 0.25) is 0 Å². The monoisotopic (exact) mass is 358 g/mol. The van der Waals surface area contributed by atoms with E-state index in [1.54, 1.807) is 6.20 Å². The van der Waals surface area contributed by atoms with E-state index in [1.807, 2.05) is 13.8 Å². The number of hydrogen-bond donors (Lipinski definition) is 1. The Kier molecular flexibility index (Phi) is 4.50. The molecule has 0 aliphatic heterocycles. The molecule has 1 heterocycles. The molecular weight excluding hydrogens is 347 g/mol. The first-order valence-corrected chi connectivity index (χ1v) is 7.05. The van der Waals surface area contributed by atoms with Crippen LogP contribution in [0.1, 0.15) is 16.8 Å². The number of rotatable bonds is 3. The van der Waals surface area contributed by atoms with Gasteiger partial charge in [-0.25, -0.2) is 4.39 Å². The van der Waals surface area contributed by atoms with Gasteiger partial charge in [-0.15, -0.1) is 0 Å². The molecule has 106 valence electrons. The summed E-state index contributed by atoms with van der Waals surface area (Å²) in [5.41, 5.74) is 9.15. The SMILES string of the molecule is Cc1cnc(COc2cc(F)c(Cl)cc2Br)c(C)c1N. The zero-order chi connectivity index (χ0) is 14.9. The summed E-state index contributed by atoms with van der Waals surface area (Å²) in [6.07, 6.45) is 1.69. The van der Waals surface area contributed by atoms with E-state index in [-0.39, 0.29) is 11.6 Å². The lowest BCUT2D eigenvalue weighted by Gasteiger charge is -2.12. The Labute approximate surface area is 130 Å². The third-order valence-electron chi connectivity index (χ3n) is 3.01. The molecule has 20 heavy (non-hydrogen) atoms. The normalized spacial score (nSPS) is 10.7. The van der Waals surface area contributed by atoms with Crippen LogP contribution in [0.3, 0.4) is 0 Å².